The Morgan fingerprint density at radius 3 is 2.81 bits per heavy atom. The first kappa shape index (κ1) is 14.7. The monoisotopic (exact) mass is 301 g/mol. The fourth-order valence-corrected chi connectivity index (χ4v) is 4.13. The second kappa shape index (κ2) is 7.19. The summed E-state index contributed by atoms with van der Waals surface area (Å²) in [4.78, 5) is 0. The molecule has 1 fully saturated rings. The number of rotatable bonds is 5. The van der Waals surface area contributed by atoms with Crippen LogP contribution in [0.1, 0.15) is 24.8 Å². The lowest BCUT2D eigenvalue weighted by atomic mass is 10.1. The van der Waals surface area contributed by atoms with E-state index in [0.717, 1.165) is 24.1 Å². The number of nitrogens with one attached hydrogen (secondary N) is 1. The quantitative estimate of drug-likeness (QED) is 0.893. The average molecular weight is 301 g/mol. The third kappa shape index (κ3) is 3.92. The molecule has 0 radical (unpaired) electrons. The fourth-order valence-electron chi connectivity index (χ4n) is 2.86. The van der Waals surface area contributed by atoms with Crippen LogP contribution >= 0.6 is 11.8 Å². The average Bonchev–Trinajstić information content (AvgIpc) is 2.55. The summed E-state index contributed by atoms with van der Waals surface area (Å²) in [6.07, 6.45) is 4.17. The molecule has 0 spiro atoms. The first-order chi connectivity index (χ1) is 10.3. The number of methoxy groups -OCH3 is 1. The van der Waals surface area contributed by atoms with Crippen molar-refractivity contribution in [2.75, 3.05) is 19.4 Å². The topological polar surface area (TPSA) is 21.3 Å². The molecule has 0 saturated carbocycles. The van der Waals surface area contributed by atoms with E-state index in [-0.39, 0.29) is 0 Å². The molecule has 0 bridgehead atoms. The highest BCUT2D eigenvalue weighted by molar-refractivity contribution is 7.99. The lowest BCUT2D eigenvalue weighted by molar-refractivity contribution is 0.415. The third-order valence-electron chi connectivity index (χ3n) is 4.09. The maximum Gasteiger partial charge on any atom is 0.119 e. The lowest BCUT2D eigenvalue weighted by Gasteiger charge is -2.21. The molecule has 0 aliphatic carbocycles. The highest BCUT2D eigenvalue weighted by atomic mass is 32.2. The summed E-state index contributed by atoms with van der Waals surface area (Å²) >= 11 is 2.13. The summed E-state index contributed by atoms with van der Waals surface area (Å²) in [5.74, 6) is 2.26. The van der Waals surface area contributed by atoms with E-state index in [4.69, 9.17) is 4.74 Å². The molecule has 1 unspecified atom stereocenters. The van der Waals surface area contributed by atoms with Crippen molar-refractivity contribution >= 4 is 22.5 Å². The van der Waals surface area contributed by atoms with Crippen LogP contribution in [0.3, 0.4) is 0 Å². The Kier molecular flexibility index (Phi) is 5.04. The molecule has 0 amide bonds. The molecule has 112 valence electrons. The van der Waals surface area contributed by atoms with E-state index in [9.17, 15) is 0 Å². The van der Waals surface area contributed by atoms with Crippen LogP contribution in [0.4, 0.5) is 0 Å². The zero-order chi connectivity index (χ0) is 14.5. The van der Waals surface area contributed by atoms with Gasteiger partial charge in [0.15, 0.2) is 0 Å². The zero-order valence-electron chi connectivity index (χ0n) is 12.6. The molecule has 0 aromatic heterocycles. The smallest absolute Gasteiger partial charge is 0.119 e. The summed E-state index contributed by atoms with van der Waals surface area (Å²) in [6, 6.07) is 12.9. The Morgan fingerprint density at radius 2 is 2.00 bits per heavy atom. The number of ether oxygens (including phenoxy) is 1. The number of hydrogen-bond donors (Lipinski definition) is 1. The lowest BCUT2D eigenvalue weighted by Crippen LogP contribution is -2.26. The minimum absolute atomic E-state index is 0.809. The first-order valence-electron chi connectivity index (χ1n) is 7.74. The van der Waals surface area contributed by atoms with Crippen molar-refractivity contribution in [2.45, 2.75) is 31.1 Å². The van der Waals surface area contributed by atoms with E-state index in [1.807, 2.05) is 6.07 Å². The Hall–Kier alpha value is -1.19. The van der Waals surface area contributed by atoms with Gasteiger partial charge < -0.3 is 10.1 Å². The molecule has 21 heavy (non-hydrogen) atoms. The van der Waals surface area contributed by atoms with Crippen molar-refractivity contribution in [3.8, 4) is 5.75 Å². The van der Waals surface area contributed by atoms with Crippen molar-refractivity contribution < 1.29 is 4.74 Å². The largest absolute Gasteiger partial charge is 0.497 e. The molecule has 3 heteroatoms. The molecule has 2 nitrogen and oxygen atoms in total. The van der Waals surface area contributed by atoms with Gasteiger partial charge in [-0.05, 0) is 53.1 Å². The summed E-state index contributed by atoms with van der Waals surface area (Å²) < 4.78 is 5.27. The van der Waals surface area contributed by atoms with Crippen LogP contribution in [0, 0.1) is 0 Å². The minimum Gasteiger partial charge on any atom is -0.497 e. The third-order valence-corrected chi connectivity index (χ3v) is 5.49. The van der Waals surface area contributed by atoms with Crippen LogP contribution in [0.5, 0.6) is 5.75 Å². The van der Waals surface area contributed by atoms with Crippen LogP contribution in [-0.4, -0.2) is 24.7 Å². The minimum atomic E-state index is 0.809. The summed E-state index contributed by atoms with van der Waals surface area (Å²) in [6.45, 7) is 2.09. The van der Waals surface area contributed by atoms with Gasteiger partial charge >= 0.3 is 0 Å². The summed E-state index contributed by atoms with van der Waals surface area (Å²) in [7, 11) is 1.71. The van der Waals surface area contributed by atoms with Crippen LogP contribution in [0.2, 0.25) is 0 Å². The van der Waals surface area contributed by atoms with Gasteiger partial charge in [0.05, 0.1) is 7.11 Å². The fraction of sp³-hybridized carbons (Fsp3) is 0.444. The van der Waals surface area contributed by atoms with E-state index in [0.29, 0.717) is 0 Å². The van der Waals surface area contributed by atoms with Crippen molar-refractivity contribution in [3.05, 3.63) is 42.0 Å². The normalized spacial score (nSPS) is 18.8. The van der Waals surface area contributed by atoms with Gasteiger partial charge in [-0.1, -0.05) is 24.6 Å². The first-order valence-corrected chi connectivity index (χ1v) is 8.79. The van der Waals surface area contributed by atoms with Crippen LogP contribution < -0.4 is 10.1 Å². The Morgan fingerprint density at radius 1 is 1.14 bits per heavy atom. The van der Waals surface area contributed by atoms with Crippen LogP contribution in [0.25, 0.3) is 10.8 Å². The van der Waals surface area contributed by atoms with Crippen molar-refractivity contribution in [1.82, 2.24) is 5.32 Å². The van der Waals surface area contributed by atoms with Crippen LogP contribution in [-0.2, 0) is 6.54 Å². The predicted molar refractivity (Wildman–Crippen MR) is 92.3 cm³/mol. The van der Waals surface area contributed by atoms with E-state index in [2.05, 4.69) is 47.4 Å². The highest BCUT2D eigenvalue weighted by Crippen LogP contribution is 2.25. The van der Waals surface area contributed by atoms with Crippen molar-refractivity contribution in [2.24, 2.45) is 0 Å². The van der Waals surface area contributed by atoms with Gasteiger partial charge in [-0.3, -0.25) is 0 Å². The molecule has 1 aliphatic rings. The molecule has 1 heterocycles. The SMILES string of the molecule is COc1ccc2cc(CNCC3CCCCS3)ccc2c1. The summed E-state index contributed by atoms with van der Waals surface area (Å²) in [5.41, 5.74) is 1.36. The van der Waals surface area contributed by atoms with Gasteiger partial charge in [0.25, 0.3) is 0 Å². The van der Waals surface area contributed by atoms with E-state index >= 15 is 0 Å². The standard InChI is InChI=1S/C18H23NOS/c1-20-17-8-7-15-10-14(5-6-16(15)11-17)12-19-13-18-4-2-3-9-21-18/h5-8,10-11,18-19H,2-4,9,12-13H2,1H3. The van der Waals surface area contributed by atoms with Gasteiger partial charge in [-0.15, -0.1) is 0 Å². The highest BCUT2D eigenvalue weighted by Gasteiger charge is 2.12. The predicted octanol–water partition coefficient (Wildman–Crippen LogP) is 4.22. The van der Waals surface area contributed by atoms with Crippen LogP contribution in [0.15, 0.2) is 36.4 Å². The second-order valence-corrected chi connectivity index (χ2v) is 7.08. The van der Waals surface area contributed by atoms with Gasteiger partial charge in [0.2, 0.25) is 0 Å². The van der Waals surface area contributed by atoms with Crippen molar-refractivity contribution in [1.29, 1.82) is 0 Å². The van der Waals surface area contributed by atoms with Crippen molar-refractivity contribution in [3.63, 3.8) is 0 Å². The number of benzene rings is 2. The molecule has 1 N–H and O–H groups in total. The molecule has 1 aliphatic heterocycles. The number of thioether (sulfide) groups is 1. The van der Waals surface area contributed by atoms with Gasteiger partial charge in [0, 0.05) is 18.3 Å². The van der Waals surface area contributed by atoms with E-state index in [1.54, 1.807) is 7.11 Å². The Labute approximate surface area is 131 Å². The van der Waals surface area contributed by atoms with E-state index in [1.165, 1.54) is 41.4 Å². The zero-order valence-corrected chi connectivity index (χ0v) is 13.4. The molecule has 2 aromatic carbocycles. The van der Waals surface area contributed by atoms with Gasteiger partial charge in [0.1, 0.15) is 5.75 Å². The number of hydrogen-bond acceptors (Lipinski definition) is 3. The van der Waals surface area contributed by atoms with E-state index < -0.39 is 0 Å². The molecular weight excluding hydrogens is 278 g/mol. The number of fused-ring (bicyclic) bond motifs is 1. The Balaban J connectivity index is 1.59. The maximum absolute atomic E-state index is 5.27. The Bertz CT molecular complexity index is 593. The molecule has 2 aromatic rings. The van der Waals surface area contributed by atoms with Gasteiger partial charge in [-0.2, -0.15) is 11.8 Å². The maximum atomic E-state index is 5.27. The molecule has 1 saturated heterocycles. The van der Waals surface area contributed by atoms with Gasteiger partial charge in [-0.25, -0.2) is 0 Å². The molecule has 1 atom stereocenters. The second-order valence-electron chi connectivity index (χ2n) is 5.67. The summed E-state index contributed by atoms with van der Waals surface area (Å²) in [5, 5.41) is 6.94. The molecule has 3 rings (SSSR count). The molecular formula is C18H23NOS.